The third-order valence-electron chi connectivity index (χ3n) is 7.25. The summed E-state index contributed by atoms with van der Waals surface area (Å²) in [5, 5.41) is 5.99. The van der Waals surface area contributed by atoms with Crippen LogP contribution in [-0.2, 0) is 4.79 Å². The topological polar surface area (TPSA) is 70.7 Å². The molecule has 2 N–H and O–H groups in total. The van der Waals surface area contributed by atoms with Crippen LogP contribution in [-0.4, -0.2) is 32.1 Å². The van der Waals surface area contributed by atoms with Crippen LogP contribution >= 0.6 is 0 Å². The molecule has 6 heteroatoms. The van der Waals surface area contributed by atoms with Gasteiger partial charge in [0.25, 0.3) is 5.91 Å². The Morgan fingerprint density at radius 1 is 1.00 bits per heavy atom. The van der Waals surface area contributed by atoms with E-state index in [1.165, 1.54) is 22.3 Å². The lowest BCUT2D eigenvalue weighted by atomic mass is 9.59. The highest BCUT2D eigenvalue weighted by Crippen LogP contribution is 2.55. The van der Waals surface area contributed by atoms with Gasteiger partial charge in [-0.2, -0.15) is 0 Å². The maximum atomic E-state index is 12.7. The summed E-state index contributed by atoms with van der Waals surface area (Å²) in [4.78, 5) is 26.2. The first kappa shape index (κ1) is 19.9. The minimum atomic E-state index is -0.247. The lowest BCUT2D eigenvalue weighted by molar-refractivity contribution is -0.120. The Hall–Kier alpha value is -3.80. The van der Waals surface area contributed by atoms with Crippen LogP contribution in [0.4, 0.5) is 16.2 Å². The summed E-state index contributed by atoms with van der Waals surface area (Å²) in [7, 11) is 1.71. The number of hydrogen-bond acceptors (Lipinski definition) is 3. The molecule has 7 rings (SSSR count). The van der Waals surface area contributed by atoms with E-state index in [0.29, 0.717) is 41.4 Å². The summed E-state index contributed by atoms with van der Waals surface area (Å²) < 4.78 is 5.46. The van der Waals surface area contributed by atoms with Crippen molar-refractivity contribution in [3.63, 3.8) is 0 Å². The molecule has 0 saturated carbocycles. The predicted molar refractivity (Wildman–Crippen MR) is 127 cm³/mol. The molecule has 0 radical (unpaired) electrons. The molecule has 1 unspecified atom stereocenters. The van der Waals surface area contributed by atoms with E-state index in [1.807, 2.05) is 0 Å². The van der Waals surface area contributed by atoms with Crippen LogP contribution in [0.1, 0.15) is 40.5 Å². The summed E-state index contributed by atoms with van der Waals surface area (Å²) >= 11 is 0. The van der Waals surface area contributed by atoms with Crippen LogP contribution in [0.5, 0.6) is 5.75 Å². The molecule has 2 bridgehead atoms. The van der Waals surface area contributed by atoms with Crippen LogP contribution in [0.25, 0.3) is 0 Å². The molecule has 0 aromatic heterocycles. The highest BCUT2D eigenvalue weighted by molar-refractivity contribution is 5.99. The Labute approximate surface area is 192 Å². The molecule has 6 nitrogen and oxygen atoms in total. The minimum Gasteiger partial charge on any atom is -0.482 e. The van der Waals surface area contributed by atoms with Crippen LogP contribution < -0.4 is 20.3 Å². The molecule has 3 aliphatic carbocycles. The van der Waals surface area contributed by atoms with E-state index in [-0.39, 0.29) is 18.5 Å². The molecule has 3 amide bonds. The number of nitrogens with one attached hydrogen (secondary N) is 2. The maximum absolute atomic E-state index is 12.7. The largest absolute Gasteiger partial charge is 0.482 e. The molecule has 3 aromatic rings. The van der Waals surface area contributed by atoms with E-state index < -0.39 is 0 Å². The first-order valence-corrected chi connectivity index (χ1v) is 11.4. The lowest BCUT2D eigenvalue weighted by Gasteiger charge is -2.45. The van der Waals surface area contributed by atoms with Crippen molar-refractivity contribution in [2.45, 2.75) is 18.3 Å². The number of urea groups is 1. The van der Waals surface area contributed by atoms with Crippen LogP contribution in [0.15, 0.2) is 66.7 Å². The first-order valence-electron chi connectivity index (χ1n) is 11.4. The maximum Gasteiger partial charge on any atom is 0.319 e. The van der Waals surface area contributed by atoms with Gasteiger partial charge in [-0.15, -0.1) is 0 Å². The van der Waals surface area contributed by atoms with E-state index >= 15 is 0 Å². The van der Waals surface area contributed by atoms with Gasteiger partial charge in [-0.3, -0.25) is 4.79 Å². The second kappa shape index (κ2) is 7.66. The van der Waals surface area contributed by atoms with Crippen molar-refractivity contribution < 1.29 is 14.3 Å². The number of likely N-dealkylation sites (N-methyl/N-ethyl adjacent to an activating group) is 1. The Kier molecular flexibility index (Phi) is 4.61. The van der Waals surface area contributed by atoms with Crippen molar-refractivity contribution in [1.29, 1.82) is 0 Å². The van der Waals surface area contributed by atoms with Crippen LogP contribution in [0, 0.1) is 5.92 Å². The summed E-state index contributed by atoms with van der Waals surface area (Å²) in [6.45, 7) is 0.634. The van der Waals surface area contributed by atoms with Gasteiger partial charge in [-0.25, -0.2) is 4.79 Å². The summed E-state index contributed by atoms with van der Waals surface area (Å²) in [5.74, 6) is 1.54. The summed E-state index contributed by atoms with van der Waals surface area (Å²) in [6, 6.07) is 22.5. The smallest absolute Gasteiger partial charge is 0.319 e. The van der Waals surface area contributed by atoms with Gasteiger partial charge in [0, 0.05) is 31.1 Å². The number of amides is 3. The number of rotatable bonds is 3. The van der Waals surface area contributed by atoms with Crippen LogP contribution in [0.3, 0.4) is 0 Å². The fourth-order valence-corrected chi connectivity index (χ4v) is 5.71. The lowest BCUT2D eigenvalue weighted by Crippen LogP contribution is -2.40. The van der Waals surface area contributed by atoms with Gasteiger partial charge in [0.05, 0.1) is 5.69 Å². The fraction of sp³-hybridized carbons (Fsp3) is 0.259. The van der Waals surface area contributed by atoms with Crippen molar-refractivity contribution >= 4 is 23.3 Å². The zero-order valence-electron chi connectivity index (χ0n) is 18.4. The zero-order valence-corrected chi connectivity index (χ0v) is 18.4. The van der Waals surface area contributed by atoms with Crippen molar-refractivity contribution in [1.82, 2.24) is 5.32 Å². The standard InChI is InChI=1S/C27H25N3O3/c1-30-23-13-17(10-11-24(23)33-15-25(30)31)29-27(32)28-14-16-12-22-18-6-2-4-8-20(18)26(16)21-9-5-3-7-19(21)22/h2-11,13,16,22,26H,12,14-15H2,1H3,(H2,28,29,32). The third kappa shape index (κ3) is 3.25. The van der Waals surface area contributed by atoms with Crippen molar-refractivity contribution in [2.75, 3.05) is 30.4 Å². The van der Waals surface area contributed by atoms with Gasteiger partial charge in [-0.05, 0) is 52.8 Å². The third-order valence-corrected chi connectivity index (χ3v) is 7.25. The number of carbonyl (C=O) groups excluding carboxylic acids is 2. The summed E-state index contributed by atoms with van der Waals surface area (Å²) in [6.07, 6.45) is 1.03. The average Bonchev–Trinajstić information content (AvgIpc) is 2.85. The number of carbonyl (C=O) groups is 2. The van der Waals surface area contributed by atoms with Crippen molar-refractivity contribution in [3.05, 3.63) is 89.0 Å². The Balaban J connectivity index is 1.18. The Bertz CT molecular complexity index is 1220. The molecule has 3 aromatic carbocycles. The van der Waals surface area contributed by atoms with Crippen molar-refractivity contribution in [3.8, 4) is 5.75 Å². The van der Waals surface area contributed by atoms with E-state index in [0.717, 1.165) is 6.42 Å². The van der Waals surface area contributed by atoms with Gasteiger partial charge >= 0.3 is 6.03 Å². The second-order valence-corrected chi connectivity index (χ2v) is 9.04. The molecule has 0 saturated heterocycles. The molecule has 0 spiro atoms. The zero-order chi connectivity index (χ0) is 22.5. The number of nitrogens with zero attached hydrogens (tertiary/aromatic N) is 1. The molecule has 1 atom stereocenters. The number of ether oxygens (including phenoxy) is 1. The van der Waals surface area contributed by atoms with Gasteiger partial charge < -0.3 is 20.3 Å². The minimum absolute atomic E-state index is 0.0343. The molecule has 4 aliphatic rings. The predicted octanol–water partition coefficient (Wildman–Crippen LogP) is 4.46. The van der Waals surface area contributed by atoms with E-state index in [9.17, 15) is 9.59 Å². The number of anilines is 2. The fourth-order valence-electron chi connectivity index (χ4n) is 5.71. The quantitative estimate of drug-likeness (QED) is 0.633. The monoisotopic (exact) mass is 439 g/mol. The molecular weight excluding hydrogens is 414 g/mol. The molecule has 0 fully saturated rings. The van der Waals surface area contributed by atoms with Crippen molar-refractivity contribution in [2.24, 2.45) is 5.92 Å². The average molecular weight is 440 g/mol. The highest BCUT2D eigenvalue weighted by atomic mass is 16.5. The first-order chi connectivity index (χ1) is 16.1. The summed E-state index contributed by atoms with van der Waals surface area (Å²) in [5.41, 5.74) is 6.91. The van der Waals surface area contributed by atoms with E-state index in [4.69, 9.17) is 4.74 Å². The Morgan fingerprint density at radius 2 is 1.67 bits per heavy atom. The molecular formula is C27H25N3O3. The normalized spacial score (nSPS) is 22.0. The van der Waals surface area contributed by atoms with E-state index in [2.05, 4.69) is 59.2 Å². The SMILES string of the molecule is CN1C(=O)COc2ccc(NC(=O)NCC3CC4c5ccccc5C3c3ccccc34)cc21. The molecule has 166 valence electrons. The van der Waals surface area contributed by atoms with Gasteiger partial charge in [0.15, 0.2) is 6.61 Å². The molecule has 1 aliphatic heterocycles. The van der Waals surface area contributed by atoms with Gasteiger partial charge in [0.1, 0.15) is 5.75 Å². The van der Waals surface area contributed by atoms with Gasteiger partial charge in [-0.1, -0.05) is 48.5 Å². The Morgan fingerprint density at radius 3 is 2.36 bits per heavy atom. The number of benzene rings is 3. The molecule has 1 heterocycles. The van der Waals surface area contributed by atoms with Gasteiger partial charge in [0.2, 0.25) is 0 Å². The van der Waals surface area contributed by atoms with Crippen LogP contribution in [0.2, 0.25) is 0 Å². The number of hydrogen-bond donors (Lipinski definition) is 2. The molecule has 33 heavy (non-hydrogen) atoms. The van der Waals surface area contributed by atoms with E-state index in [1.54, 1.807) is 30.1 Å². The number of fused-ring (bicyclic) bond motifs is 2. The second-order valence-electron chi connectivity index (χ2n) is 9.04. The highest BCUT2D eigenvalue weighted by Gasteiger charge is 2.42.